The number of benzene rings is 2. The number of hydrogen-bond donors (Lipinski definition) is 2. The van der Waals surface area contributed by atoms with Crippen molar-refractivity contribution in [1.29, 1.82) is 0 Å². The lowest BCUT2D eigenvalue weighted by molar-refractivity contribution is 0.426. The van der Waals surface area contributed by atoms with Crippen molar-refractivity contribution >= 4 is 0 Å². The molecule has 2 heteroatoms. The highest BCUT2D eigenvalue weighted by Gasteiger charge is 2.30. The Morgan fingerprint density at radius 2 is 0.963 bits per heavy atom. The Morgan fingerprint density at radius 1 is 0.630 bits per heavy atom. The van der Waals surface area contributed by atoms with E-state index < -0.39 is 0 Å². The van der Waals surface area contributed by atoms with Crippen LogP contribution >= 0.6 is 0 Å². The van der Waals surface area contributed by atoms with Crippen LogP contribution in [0.5, 0.6) is 11.5 Å². The molecule has 0 heterocycles. The third-order valence-corrected chi connectivity index (χ3v) is 6.66. The molecule has 27 heavy (non-hydrogen) atoms. The minimum Gasteiger partial charge on any atom is -0.508 e. The molecule has 0 amide bonds. The summed E-state index contributed by atoms with van der Waals surface area (Å²) in [4.78, 5) is 0. The third kappa shape index (κ3) is 4.00. The number of phenols is 2. The fraction of sp³-hybridized carbons (Fsp3) is 0.520. The van der Waals surface area contributed by atoms with Gasteiger partial charge in [0.15, 0.2) is 0 Å². The van der Waals surface area contributed by atoms with Crippen LogP contribution in [0.25, 0.3) is 0 Å². The zero-order valence-corrected chi connectivity index (χ0v) is 18.3. The normalized spacial score (nSPS) is 13.0. The van der Waals surface area contributed by atoms with Crippen LogP contribution in [-0.2, 0) is 16.2 Å². The van der Waals surface area contributed by atoms with Gasteiger partial charge >= 0.3 is 0 Å². The predicted octanol–water partition coefficient (Wildman–Crippen LogP) is 6.80. The summed E-state index contributed by atoms with van der Waals surface area (Å²) in [5, 5.41) is 20.8. The standard InChI is InChI=1S/C25H36O2/c1-9-23(3,4)19-15-17(11-13-21(19)26)25(7,8)18-12-14-22(27)20(16-18)24(5,6)10-2/h11-16,26-27H,9-10H2,1-8H3. The topological polar surface area (TPSA) is 40.5 Å². The van der Waals surface area contributed by atoms with E-state index >= 15 is 0 Å². The Labute approximate surface area is 165 Å². The quantitative estimate of drug-likeness (QED) is 0.588. The van der Waals surface area contributed by atoms with Crippen LogP contribution in [0, 0.1) is 0 Å². The molecule has 2 N–H and O–H groups in total. The largest absolute Gasteiger partial charge is 0.508 e. The monoisotopic (exact) mass is 368 g/mol. The first-order chi connectivity index (χ1) is 12.4. The summed E-state index contributed by atoms with van der Waals surface area (Å²) in [6.45, 7) is 17.4. The number of phenolic OH excluding ortho intramolecular Hbond substituents is 2. The predicted molar refractivity (Wildman–Crippen MR) is 115 cm³/mol. The first kappa shape index (κ1) is 21.3. The van der Waals surface area contributed by atoms with Crippen molar-refractivity contribution in [2.75, 3.05) is 0 Å². The molecule has 0 saturated carbocycles. The van der Waals surface area contributed by atoms with Gasteiger partial charge in [0.2, 0.25) is 0 Å². The third-order valence-electron chi connectivity index (χ3n) is 6.66. The van der Waals surface area contributed by atoms with Gasteiger partial charge in [-0.15, -0.1) is 0 Å². The minimum atomic E-state index is -0.238. The summed E-state index contributed by atoms with van der Waals surface area (Å²) >= 11 is 0. The fourth-order valence-electron chi connectivity index (χ4n) is 3.48. The van der Waals surface area contributed by atoms with E-state index in [0.717, 1.165) is 24.0 Å². The van der Waals surface area contributed by atoms with E-state index in [4.69, 9.17) is 0 Å². The van der Waals surface area contributed by atoms with Gasteiger partial charge in [0, 0.05) is 5.41 Å². The van der Waals surface area contributed by atoms with Crippen molar-refractivity contribution in [2.45, 2.75) is 84.5 Å². The van der Waals surface area contributed by atoms with Gasteiger partial charge in [-0.05, 0) is 58.1 Å². The van der Waals surface area contributed by atoms with Crippen LogP contribution in [0.3, 0.4) is 0 Å². The molecule has 2 rings (SSSR count). The number of hydrogen-bond acceptors (Lipinski definition) is 2. The van der Waals surface area contributed by atoms with Crippen molar-refractivity contribution in [1.82, 2.24) is 0 Å². The molecule has 0 aliphatic heterocycles. The Hall–Kier alpha value is -1.96. The number of rotatable bonds is 6. The van der Waals surface area contributed by atoms with Crippen LogP contribution in [0.15, 0.2) is 36.4 Å². The Kier molecular flexibility index (Phi) is 5.71. The molecule has 0 radical (unpaired) electrons. The maximum absolute atomic E-state index is 10.4. The molecule has 0 aliphatic carbocycles. The smallest absolute Gasteiger partial charge is 0.119 e. The summed E-state index contributed by atoms with van der Waals surface area (Å²) < 4.78 is 0. The van der Waals surface area contributed by atoms with Gasteiger partial charge in [0.1, 0.15) is 11.5 Å². The van der Waals surface area contributed by atoms with Gasteiger partial charge in [-0.2, -0.15) is 0 Å². The summed E-state index contributed by atoms with van der Waals surface area (Å²) in [6, 6.07) is 12.0. The Bertz CT molecular complexity index is 746. The van der Waals surface area contributed by atoms with Crippen molar-refractivity contribution in [2.24, 2.45) is 0 Å². The summed E-state index contributed by atoms with van der Waals surface area (Å²) in [6.07, 6.45) is 1.91. The molecule has 2 aromatic rings. The van der Waals surface area contributed by atoms with Crippen LogP contribution < -0.4 is 0 Å². The molecular formula is C25H36O2. The highest BCUT2D eigenvalue weighted by molar-refractivity contribution is 5.49. The van der Waals surface area contributed by atoms with E-state index in [9.17, 15) is 10.2 Å². The molecular weight excluding hydrogens is 332 g/mol. The lowest BCUT2D eigenvalue weighted by Gasteiger charge is -2.32. The highest BCUT2D eigenvalue weighted by Crippen LogP contribution is 2.41. The molecule has 0 atom stereocenters. The molecule has 0 aromatic heterocycles. The molecule has 0 saturated heterocycles. The SMILES string of the molecule is CCC(C)(C)c1cc(C(C)(C)c2ccc(O)c(C(C)(C)CC)c2)ccc1O. The molecule has 0 unspecified atom stereocenters. The summed E-state index contributed by atoms with van der Waals surface area (Å²) in [7, 11) is 0. The first-order valence-electron chi connectivity index (χ1n) is 10.0. The van der Waals surface area contributed by atoms with E-state index in [2.05, 4.69) is 67.5 Å². The van der Waals surface area contributed by atoms with Crippen LogP contribution in [0.2, 0.25) is 0 Å². The van der Waals surface area contributed by atoms with E-state index in [1.54, 1.807) is 0 Å². The lowest BCUT2D eigenvalue weighted by Crippen LogP contribution is -2.23. The average Bonchev–Trinajstić information content (AvgIpc) is 2.61. The van der Waals surface area contributed by atoms with Crippen molar-refractivity contribution in [3.63, 3.8) is 0 Å². The second kappa shape index (κ2) is 7.22. The van der Waals surface area contributed by atoms with Gasteiger partial charge in [-0.25, -0.2) is 0 Å². The summed E-state index contributed by atoms with van der Waals surface area (Å²) in [5.41, 5.74) is 3.91. The van der Waals surface area contributed by atoms with E-state index in [0.29, 0.717) is 11.5 Å². The van der Waals surface area contributed by atoms with E-state index in [-0.39, 0.29) is 16.2 Å². The van der Waals surface area contributed by atoms with Gasteiger partial charge in [0.05, 0.1) is 0 Å². The maximum Gasteiger partial charge on any atom is 0.119 e. The second-order valence-corrected chi connectivity index (χ2v) is 9.56. The fourth-order valence-corrected chi connectivity index (χ4v) is 3.48. The zero-order valence-electron chi connectivity index (χ0n) is 18.3. The second-order valence-electron chi connectivity index (χ2n) is 9.56. The molecule has 0 spiro atoms. The van der Waals surface area contributed by atoms with Gasteiger partial charge < -0.3 is 10.2 Å². The zero-order chi connectivity index (χ0) is 20.6. The molecule has 148 valence electrons. The molecule has 0 aliphatic rings. The van der Waals surface area contributed by atoms with Crippen LogP contribution in [-0.4, -0.2) is 10.2 Å². The minimum absolute atomic E-state index is 0.0828. The molecule has 0 fully saturated rings. The van der Waals surface area contributed by atoms with Gasteiger partial charge in [-0.3, -0.25) is 0 Å². The average molecular weight is 369 g/mol. The van der Waals surface area contributed by atoms with E-state index in [1.165, 1.54) is 11.1 Å². The van der Waals surface area contributed by atoms with Gasteiger partial charge in [0.25, 0.3) is 0 Å². The van der Waals surface area contributed by atoms with Crippen LogP contribution in [0.1, 0.15) is 90.5 Å². The molecule has 2 aromatic carbocycles. The van der Waals surface area contributed by atoms with Gasteiger partial charge in [-0.1, -0.05) is 79.7 Å². The van der Waals surface area contributed by atoms with Crippen molar-refractivity contribution < 1.29 is 10.2 Å². The molecule has 0 bridgehead atoms. The Morgan fingerprint density at radius 3 is 1.26 bits per heavy atom. The molecule has 2 nitrogen and oxygen atoms in total. The maximum atomic E-state index is 10.4. The lowest BCUT2D eigenvalue weighted by atomic mass is 9.72. The van der Waals surface area contributed by atoms with Crippen molar-refractivity contribution in [3.8, 4) is 11.5 Å². The highest BCUT2D eigenvalue weighted by atomic mass is 16.3. The first-order valence-corrected chi connectivity index (χ1v) is 10.0. The number of aromatic hydroxyl groups is 2. The Balaban J connectivity index is 2.60. The van der Waals surface area contributed by atoms with Crippen molar-refractivity contribution in [3.05, 3.63) is 58.7 Å². The van der Waals surface area contributed by atoms with Crippen LogP contribution in [0.4, 0.5) is 0 Å². The summed E-state index contributed by atoms with van der Waals surface area (Å²) in [5.74, 6) is 0.722. The van der Waals surface area contributed by atoms with E-state index in [1.807, 2.05) is 24.3 Å².